The molecule has 2 rings (SSSR count). The van der Waals surface area contributed by atoms with Crippen molar-refractivity contribution in [2.24, 2.45) is 0 Å². The van der Waals surface area contributed by atoms with Crippen LogP contribution in [0.4, 0.5) is 10.5 Å². The van der Waals surface area contributed by atoms with Crippen molar-refractivity contribution >= 4 is 11.7 Å². The van der Waals surface area contributed by atoms with Crippen LogP contribution >= 0.6 is 0 Å². The van der Waals surface area contributed by atoms with Gasteiger partial charge >= 0.3 is 6.03 Å². The zero-order chi connectivity index (χ0) is 15.8. The van der Waals surface area contributed by atoms with Crippen LogP contribution in [0.25, 0.3) is 0 Å². The van der Waals surface area contributed by atoms with Gasteiger partial charge < -0.3 is 15.1 Å². The maximum Gasteiger partial charge on any atom is 0.319 e. The van der Waals surface area contributed by atoms with Gasteiger partial charge in [-0.25, -0.2) is 4.79 Å². The van der Waals surface area contributed by atoms with E-state index in [9.17, 15) is 4.79 Å². The molecule has 0 saturated heterocycles. The second-order valence-corrected chi connectivity index (χ2v) is 4.72. The fourth-order valence-electron chi connectivity index (χ4n) is 2.28. The fraction of sp³-hybridized carbons (Fsp3) is 0.400. The summed E-state index contributed by atoms with van der Waals surface area (Å²) >= 11 is 0. The summed E-state index contributed by atoms with van der Waals surface area (Å²) < 4.78 is 5.50. The first-order valence-corrected chi connectivity index (χ1v) is 7.33. The number of aromatic nitrogens is 2. The lowest BCUT2D eigenvalue weighted by atomic mass is 10.2. The van der Waals surface area contributed by atoms with Crippen LogP contribution in [0.5, 0.6) is 0 Å². The van der Waals surface area contributed by atoms with Gasteiger partial charge in [-0.1, -0.05) is 13.8 Å². The van der Waals surface area contributed by atoms with E-state index in [1.165, 1.54) is 12.4 Å². The van der Waals surface area contributed by atoms with E-state index >= 15 is 0 Å². The van der Waals surface area contributed by atoms with E-state index in [4.69, 9.17) is 4.42 Å². The molecular weight excluding hydrogens is 282 g/mol. The minimum absolute atomic E-state index is 0.00585. The molecule has 0 radical (unpaired) electrons. The third-order valence-electron chi connectivity index (χ3n) is 3.42. The van der Waals surface area contributed by atoms with Crippen molar-refractivity contribution in [3.8, 4) is 0 Å². The van der Waals surface area contributed by atoms with Crippen molar-refractivity contribution in [2.45, 2.75) is 19.9 Å². The van der Waals surface area contributed by atoms with Gasteiger partial charge in [0, 0.05) is 6.54 Å². The summed E-state index contributed by atoms with van der Waals surface area (Å²) in [7, 11) is 0. The number of nitrogens with one attached hydrogen (secondary N) is 2. The molecule has 0 aliphatic heterocycles. The zero-order valence-corrected chi connectivity index (χ0v) is 12.8. The van der Waals surface area contributed by atoms with Crippen molar-refractivity contribution in [2.75, 3.05) is 25.0 Å². The number of amides is 2. The van der Waals surface area contributed by atoms with Crippen molar-refractivity contribution < 1.29 is 9.21 Å². The Bertz CT molecular complexity index is 555. The number of likely N-dealkylation sites (N-methyl/N-ethyl adjacent to an activating group) is 1. The maximum atomic E-state index is 12.0. The van der Waals surface area contributed by atoms with E-state index in [0.717, 1.165) is 18.8 Å². The number of urea groups is 1. The van der Waals surface area contributed by atoms with Crippen LogP contribution in [0.15, 0.2) is 41.3 Å². The molecule has 0 saturated carbocycles. The van der Waals surface area contributed by atoms with E-state index in [0.29, 0.717) is 12.2 Å². The topological polar surface area (TPSA) is 83.3 Å². The molecule has 2 amide bonds. The molecule has 118 valence electrons. The molecule has 0 aliphatic carbocycles. The number of nitrogens with zero attached hydrogens (tertiary/aromatic N) is 3. The summed E-state index contributed by atoms with van der Waals surface area (Å²) in [5, 5.41) is 13.0. The van der Waals surface area contributed by atoms with Gasteiger partial charge in [0.25, 0.3) is 0 Å². The molecule has 2 aromatic rings. The molecule has 2 aromatic heterocycles. The van der Waals surface area contributed by atoms with E-state index in [-0.39, 0.29) is 12.1 Å². The van der Waals surface area contributed by atoms with E-state index in [1.54, 1.807) is 12.3 Å². The van der Waals surface area contributed by atoms with Gasteiger partial charge in [0.1, 0.15) is 5.76 Å². The molecule has 2 N–H and O–H groups in total. The Morgan fingerprint density at radius 3 is 2.73 bits per heavy atom. The van der Waals surface area contributed by atoms with Crippen LogP contribution in [0.2, 0.25) is 0 Å². The SMILES string of the molecule is CCN(CC)C(CNC(=O)Nc1ccnnc1)c1ccco1. The molecule has 7 nitrogen and oxygen atoms in total. The second-order valence-electron chi connectivity index (χ2n) is 4.72. The van der Waals surface area contributed by atoms with E-state index in [2.05, 4.69) is 39.6 Å². The molecule has 22 heavy (non-hydrogen) atoms. The molecule has 0 spiro atoms. The third-order valence-corrected chi connectivity index (χ3v) is 3.42. The molecule has 2 heterocycles. The standard InChI is InChI=1S/C15H21N5O2/c1-3-20(4-2)13(14-6-5-9-22-14)11-16-15(21)19-12-7-8-17-18-10-12/h5-10,13H,3-4,11H2,1-2H3,(H2,16,17,19,21). The average Bonchev–Trinajstić information content (AvgIpc) is 3.06. The number of carbonyl (C=O) groups is 1. The number of anilines is 1. The lowest BCUT2D eigenvalue weighted by Crippen LogP contribution is -2.39. The molecule has 1 unspecified atom stereocenters. The molecule has 0 fully saturated rings. The Morgan fingerprint density at radius 1 is 1.32 bits per heavy atom. The highest BCUT2D eigenvalue weighted by Crippen LogP contribution is 2.20. The summed E-state index contributed by atoms with van der Waals surface area (Å²) in [6.45, 7) is 6.38. The van der Waals surface area contributed by atoms with Gasteiger partial charge in [-0.05, 0) is 31.3 Å². The molecule has 0 aliphatic rings. The smallest absolute Gasteiger partial charge is 0.319 e. The summed E-state index contributed by atoms with van der Waals surface area (Å²) in [4.78, 5) is 14.2. The van der Waals surface area contributed by atoms with Crippen molar-refractivity contribution in [1.82, 2.24) is 20.4 Å². The molecule has 0 aromatic carbocycles. The van der Waals surface area contributed by atoms with Crippen LogP contribution in [0.1, 0.15) is 25.6 Å². The summed E-state index contributed by atoms with van der Waals surface area (Å²) in [6.07, 6.45) is 4.67. The van der Waals surface area contributed by atoms with Crippen LogP contribution in [-0.4, -0.2) is 40.8 Å². The van der Waals surface area contributed by atoms with Gasteiger partial charge in [0.2, 0.25) is 0 Å². The Morgan fingerprint density at radius 2 is 2.14 bits per heavy atom. The highest BCUT2D eigenvalue weighted by Gasteiger charge is 2.21. The predicted octanol–water partition coefficient (Wildman–Crippen LogP) is 2.27. The summed E-state index contributed by atoms with van der Waals surface area (Å²) in [5.41, 5.74) is 0.602. The fourth-order valence-corrected chi connectivity index (χ4v) is 2.28. The van der Waals surface area contributed by atoms with Crippen molar-refractivity contribution in [3.05, 3.63) is 42.6 Å². The minimum atomic E-state index is -0.281. The molecule has 1 atom stereocenters. The van der Waals surface area contributed by atoms with Crippen LogP contribution in [0.3, 0.4) is 0 Å². The van der Waals surface area contributed by atoms with Gasteiger partial charge in [-0.3, -0.25) is 4.90 Å². The number of furan rings is 1. The van der Waals surface area contributed by atoms with Crippen LogP contribution < -0.4 is 10.6 Å². The number of rotatable bonds is 7. The summed E-state index contributed by atoms with van der Waals surface area (Å²) in [6, 6.07) is 5.19. The molecule has 0 bridgehead atoms. The van der Waals surface area contributed by atoms with Gasteiger partial charge in [-0.15, -0.1) is 0 Å². The minimum Gasteiger partial charge on any atom is -0.468 e. The first kappa shape index (κ1) is 16.0. The Balaban J connectivity index is 1.95. The Kier molecular flexibility index (Phi) is 5.91. The zero-order valence-electron chi connectivity index (χ0n) is 12.8. The van der Waals surface area contributed by atoms with Gasteiger partial charge in [0.15, 0.2) is 0 Å². The molecular formula is C15H21N5O2. The van der Waals surface area contributed by atoms with Gasteiger partial charge in [-0.2, -0.15) is 10.2 Å². The van der Waals surface area contributed by atoms with E-state index in [1.807, 2.05) is 12.1 Å². The van der Waals surface area contributed by atoms with Crippen molar-refractivity contribution in [3.63, 3.8) is 0 Å². The highest BCUT2D eigenvalue weighted by molar-refractivity contribution is 5.88. The van der Waals surface area contributed by atoms with E-state index < -0.39 is 0 Å². The predicted molar refractivity (Wildman–Crippen MR) is 83.4 cm³/mol. The number of hydrogen-bond donors (Lipinski definition) is 2. The van der Waals surface area contributed by atoms with Crippen LogP contribution in [0, 0.1) is 0 Å². The van der Waals surface area contributed by atoms with Crippen LogP contribution in [-0.2, 0) is 0 Å². The summed E-state index contributed by atoms with van der Waals surface area (Å²) in [5.74, 6) is 0.842. The normalized spacial score (nSPS) is 12.1. The monoisotopic (exact) mass is 303 g/mol. The maximum absolute atomic E-state index is 12.0. The lowest BCUT2D eigenvalue weighted by Gasteiger charge is -2.28. The second kappa shape index (κ2) is 8.14. The third kappa shape index (κ3) is 4.29. The van der Waals surface area contributed by atoms with Gasteiger partial charge in [0.05, 0.1) is 30.4 Å². The first-order valence-electron chi connectivity index (χ1n) is 7.33. The number of carbonyl (C=O) groups excluding carboxylic acids is 1. The largest absolute Gasteiger partial charge is 0.468 e. The molecule has 7 heteroatoms. The highest BCUT2D eigenvalue weighted by atomic mass is 16.3. The average molecular weight is 303 g/mol. The quantitative estimate of drug-likeness (QED) is 0.820. The lowest BCUT2D eigenvalue weighted by molar-refractivity contribution is 0.188. The Hall–Kier alpha value is -2.41. The first-order chi connectivity index (χ1) is 10.7. The van der Waals surface area contributed by atoms with Crippen molar-refractivity contribution in [1.29, 1.82) is 0 Å². The number of hydrogen-bond acceptors (Lipinski definition) is 5. The Labute approximate surface area is 129 Å².